The summed E-state index contributed by atoms with van der Waals surface area (Å²) >= 11 is 0. The molecular formula is C13H23N3O3S. The summed E-state index contributed by atoms with van der Waals surface area (Å²) in [4.78, 5) is 0.247. The van der Waals surface area contributed by atoms with Crippen LogP contribution in [0.5, 0.6) is 0 Å². The lowest BCUT2D eigenvalue weighted by Gasteiger charge is -2.33. The highest BCUT2D eigenvalue weighted by molar-refractivity contribution is 7.89. The van der Waals surface area contributed by atoms with Gasteiger partial charge in [0.1, 0.15) is 4.90 Å². The summed E-state index contributed by atoms with van der Waals surface area (Å²) < 4.78 is 28.3. The zero-order chi connectivity index (χ0) is 14.8. The molecular weight excluding hydrogens is 278 g/mol. The van der Waals surface area contributed by atoms with Crippen molar-refractivity contribution in [3.05, 3.63) is 12.4 Å². The highest BCUT2D eigenvalue weighted by Crippen LogP contribution is 2.26. The Hall–Kier alpha value is -0.920. The Morgan fingerprint density at radius 2 is 2.00 bits per heavy atom. The van der Waals surface area contributed by atoms with Crippen molar-refractivity contribution >= 4 is 10.0 Å². The van der Waals surface area contributed by atoms with E-state index in [0.717, 1.165) is 6.42 Å². The first kappa shape index (κ1) is 15.5. The van der Waals surface area contributed by atoms with Crippen LogP contribution in [0.15, 0.2) is 17.3 Å². The number of piperidine rings is 1. The van der Waals surface area contributed by atoms with Gasteiger partial charge in [-0.05, 0) is 24.7 Å². The minimum Gasteiger partial charge on any atom is -0.396 e. The van der Waals surface area contributed by atoms with Crippen LogP contribution in [0.25, 0.3) is 0 Å². The summed E-state index contributed by atoms with van der Waals surface area (Å²) in [6.45, 7) is 5.93. The summed E-state index contributed by atoms with van der Waals surface area (Å²) in [6, 6.07) is 0. The van der Waals surface area contributed by atoms with Gasteiger partial charge >= 0.3 is 0 Å². The summed E-state index contributed by atoms with van der Waals surface area (Å²) in [5, 5.41) is 12.8. The average molecular weight is 301 g/mol. The molecule has 0 bridgehead atoms. The molecule has 2 rings (SSSR count). The molecule has 1 aromatic heterocycles. The molecule has 1 aliphatic rings. The van der Waals surface area contributed by atoms with E-state index in [2.05, 4.69) is 18.9 Å². The molecule has 7 heteroatoms. The van der Waals surface area contributed by atoms with E-state index in [9.17, 15) is 8.42 Å². The van der Waals surface area contributed by atoms with Crippen LogP contribution in [-0.2, 0) is 16.6 Å². The molecule has 1 N–H and O–H groups in total. The number of aliphatic hydroxyl groups excluding tert-OH is 1. The van der Waals surface area contributed by atoms with Gasteiger partial charge in [-0.25, -0.2) is 8.42 Å². The summed E-state index contributed by atoms with van der Waals surface area (Å²) in [6.07, 6.45) is 4.59. The number of aryl methyl sites for hydroxylation is 1. The van der Waals surface area contributed by atoms with Crippen molar-refractivity contribution in [1.82, 2.24) is 14.1 Å². The zero-order valence-electron chi connectivity index (χ0n) is 12.1. The first-order valence-electron chi connectivity index (χ1n) is 7.07. The molecule has 1 fully saturated rings. The minimum atomic E-state index is -3.44. The molecule has 0 amide bonds. The van der Waals surface area contributed by atoms with E-state index >= 15 is 0 Å². The second-order valence-electron chi connectivity index (χ2n) is 5.78. The van der Waals surface area contributed by atoms with Crippen LogP contribution in [0.1, 0.15) is 26.7 Å². The number of aliphatic hydroxyl groups is 1. The maximum Gasteiger partial charge on any atom is 0.246 e. The Balaban J connectivity index is 2.15. The highest BCUT2D eigenvalue weighted by atomic mass is 32.2. The van der Waals surface area contributed by atoms with Crippen LogP contribution < -0.4 is 0 Å². The van der Waals surface area contributed by atoms with Crippen LogP contribution >= 0.6 is 0 Å². The van der Waals surface area contributed by atoms with Gasteiger partial charge in [0, 0.05) is 32.4 Å². The highest BCUT2D eigenvalue weighted by Gasteiger charge is 2.32. The van der Waals surface area contributed by atoms with Gasteiger partial charge in [-0.1, -0.05) is 13.8 Å². The van der Waals surface area contributed by atoms with Gasteiger partial charge in [0.2, 0.25) is 10.0 Å². The van der Waals surface area contributed by atoms with E-state index in [1.807, 2.05) is 0 Å². The van der Waals surface area contributed by atoms with E-state index < -0.39 is 10.0 Å². The molecule has 0 saturated carbocycles. The third-order valence-corrected chi connectivity index (χ3v) is 5.41. The number of aromatic nitrogens is 2. The van der Waals surface area contributed by atoms with Crippen molar-refractivity contribution in [2.24, 2.45) is 11.8 Å². The number of nitrogens with zero attached hydrogens (tertiary/aromatic N) is 3. The molecule has 1 aromatic rings. The molecule has 114 valence electrons. The molecule has 2 heterocycles. The van der Waals surface area contributed by atoms with Crippen molar-refractivity contribution in [2.75, 3.05) is 19.7 Å². The lowest BCUT2D eigenvalue weighted by molar-refractivity contribution is 0.222. The summed E-state index contributed by atoms with van der Waals surface area (Å²) in [5.41, 5.74) is 0. The van der Waals surface area contributed by atoms with Gasteiger partial charge in [0.25, 0.3) is 0 Å². The van der Waals surface area contributed by atoms with Gasteiger partial charge in [-0.15, -0.1) is 0 Å². The fourth-order valence-corrected chi connectivity index (χ4v) is 4.42. The average Bonchev–Trinajstić information content (AvgIpc) is 2.84. The normalized spacial score (nSPS) is 24.9. The predicted molar refractivity (Wildman–Crippen MR) is 75.6 cm³/mol. The second kappa shape index (κ2) is 6.24. The van der Waals surface area contributed by atoms with Crippen molar-refractivity contribution in [3.8, 4) is 0 Å². The number of rotatable bonds is 5. The predicted octanol–water partition coefficient (Wildman–Crippen LogP) is 0.932. The molecule has 0 radical (unpaired) electrons. The van der Waals surface area contributed by atoms with Gasteiger partial charge in [0.15, 0.2) is 0 Å². The van der Waals surface area contributed by atoms with Crippen LogP contribution in [0, 0.1) is 11.8 Å². The van der Waals surface area contributed by atoms with Crippen LogP contribution in [0.3, 0.4) is 0 Å². The second-order valence-corrected chi connectivity index (χ2v) is 7.72. The van der Waals surface area contributed by atoms with Crippen LogP contribution in [-0.4, -0.2) is 47.3 Å². The van der Waals surface area contributed by atoms with Gasteiger partial charge in [-0.2, -0.15) is 9.40 Å². The van der Waals surface area contributed by atoms with Gasteiger partial charge in [-0.3, -0.25) is 4.68 Å². The Bertz CT molecular complexity index is 531. The molecule has 6 nitrogen and oxygen atoms in total. The molecule has 1 saturated heterocycles. The van der Waals surface area contributed by atoms with Crippen molar-refractivity contribution in [2.45, 2.75) is 38.1 Å². The summed E-state index contributed by atoms with van der Waals surface area (Å²) in [7, 11) is -3.44. The standard InChI is InChI=1S/C13H23N3O3S/c1-11-6-12(2)9-16(8-11)20(18,19)13-7-14-15(10-13)4-3-5-17/h7,10-12,17H,3-6,8-9H2,1-2H3. The Kier molecular flexibility index (Phi) is 4.82. The largest absolute Gasteiger partial charge is 0.396 e. The fraction of sp³-hybridized carbons (Fsp3) is 0.769. The topological polar surface area (TPSA) is 75.4 Å². The number of hydrogen-bond acceptors (Lipinski definition) is 4. The van der Waals surface area contributed by atoms with Crippen molar-refractivity contribution < 1.29 is 13.5 Å². The molecule has 2 atom stereocenters. The smallest absolute Gasteiger partial charge is 0.246 e. The molecule has 0 aliphatic carbocycles. The van der Waals surface area contributed by atoms with Crippen molar-refractivity contribution in [3.63, 3.8) is 0 Å². The van der Waals surface area contributed by atoms with Gasteiger partial charge < -0.3 is 5.11 Å². The first-order chi connectivity index (χ1) is 9.43. The van der Waals surface area contributed by atoms with E-state index in [-0.39, 0.29) is 11.5 Å². The monoisotopic (exact) mass is 301 g/mol. The molecule has 0 aromatic carbocycles. The van der Waals surface area contributed by atoms with Gasteiger partial charge in [0.05, 0.1) is 6.20 Å². The molecule has 2 unspecified atom stereocenters. The van der Waals surface area contributed by atoms with E-state index in [1.54, 1.807) is 15.2 Å². The Labute approximate surface area is 120 Å². The molecule has 1 aliphatic heterocycles. The lowest BCUT2D eigenvalue weighted by atomic mass is 9.94. The minimum absolute atomic E-state index is 0.0725. The third-order valence-electron chi connectivity index (χ3n) is 3.63. The van der Waals surface area contributed by atoms with E-state index in [1.165, 1.54) is 6.20 Å². The molecule has 20 heavy (non-hydrogen) atoms. The molecule has 0 spiro atoms. The summed E-state index contributed by atoms with van der Waals surface area (Å²) in [5.74, 6) is 0.774. The number of sulfonamides is 1. The Morgan fingerprint density at radius 3 is 2.60 bits per heavy atom. The van der Waals surface area contributed by atoms with Crippen molar-refractivity contribution in [1.29, 1.82) is 0 Å². The SMILES string of the molecule is CC1CC(C)CN(S(=O)(=O)c2cnn(CCCO)c2)C1. The van der Waals surface area contributed by atoms with Crippen LogP contribution in [0.4, 0.5) is 0 Å². The fourth-order valence-electron chi connectivity index (χ4n) is 2.78. The zero-order valence-corrected chi connectivity index (χ0v) is 12.9. The van der Waals surface area contributed by atoms with E-state index in [0.29, 0.717) is 37.9 Å². The number of hydrogen-bond donors (Lipinski definition) is 1. The quantitative estimate of drug-likeness (QED) is 0.878. The third kappa shape index (κ3) is 3.39. The lowest BCUT2D eigenvalue weighted by Crippen LogP contribution is -2.42. The van der Waals surface area contributed by atoms with Crippen LogP contribution in [0.2, 0.25) is 0 Å². The van der Waals surface area contributed by atoms with E-state index in [4.69, 9.17) is 5.11 Å². The first-order valence-corrected chi connectivity index (χ1v) is 8.51. The maximum absolute atomic E-state index is 12.6. The maximum atomic E-state index is 12.6. The Morgan fingerprint density at radius 1 is 1.35 bits per heavy atom.